The van der Waals surface area contributed by atoms with E-state index in [4.69, 9.17) is 4.74 Å². The third-order valence-corrected chi connectivity index (χ3v) is 4.42. The quantitative estimate of drug-likeness (QED) is 0.405. The van der Waals surface area contributed by atoms with Crippen LogP contribution in [0.1, 0.15) is 11.1 Å². The van der Waals surface area contributed by atoms with Crippen LogP contribution >= 0.6 is 11.8 Å². The van der Waals surface area contributed by atoms with Gasteiger partial charge in [0.1, 0.15) is 5.75 Å². The SMILES string of the molecule is COc1cc(/C=N/NC(=O)CSc2nc3ccccc3[nH]2)ccc1C. The summed E-state index contributed by atoms with van der Waals surface area (Å²) in [7, 11) is 1.63. The molecule has 0 aliphatic carbocycles. The lowest BCUT2D eigenvalue weighted by atomic mass is 10.1. The molecule has 0 unspecified atom stereocenters. The Morgan fingerprint density at radius 1 is 1.36 bits per heavy atom. The van der Waals surface area contributed by atoms with Crippen molar-refractivity contribution in [1.82, 2.24) is 15.4 Å². The van der Waals surface area contributed by atoms with Gasteiger partial charge < -0.3 is 9.72 Å². The summed E-state index contributed by atoms with van der Waals surface area (Å²) in [5.41, 5.74) is 6.26. The van der Waals surface area contributed by atoms with Crippen LogP contribution in [0.3, 0.4) is 0 Å². The van der Waals surface area contributed by atoms with Crippen LogP contribution in [-0.2, 0) is 4.79 Å². The van der Waals surface area contributed by atoms with E-state index >= 15 is 0 Å². The molecule has 0 radical (unpaired) electrons. The number of aromatic nitrogens is 2. The molecule has 0 bridgehead atoms. The van der Waals surface area contributed by atoms with Crippen molar-refractivity contribution in [2.45, 2.75) is 12.1 Å². The molecule has 7 heteroatoms. The monoisotopic (exact) mass is 354 g/mol. The van der Waals surface area contributed by atoms with E-state index < -0.39 is 0 Å². The number of hydrogen-bond acceptors (Lipinski definition) is 5. The highest BCUT2D eigenvalue weighted by molar-refractivity contribution is 7.99. The number of benzene rings is 2. The molecule has 2 aromatic carbocycles. The smallest absolute Gasteiger partial charge is 0.250 e. The second-order valence-corrected chi connectivity index (χ2v) is 6.33. The maximum Gasteiger partial charge on any atom is 0.250 e. The Morgan fingerprint density at radius 2 is 2.20 bits per heavy atom. The lowest BCUT2D eigenvalue weighted by molar-refractivity contribution is -0.118. The molecule has 0 fully saturated rings. The minimum Gasteiger partial charge on any atom is -0.496 e. The molecule has 0 spiro atoms. The summed E-state index contributed by atoms with van der Waals surface area (Å²) in [4.78, 5) is 19.5. The number of amides is 1. The van der Waals surface area contributed by atoms with E-state index in [-0.39, 0.29) is 11.7 Å². The van der Waals surface area contributed by atoms with Crippen molar-refractivity contribution in [3.63, 3.8) is 0 Å². The summed E-state index contributed by atoms with van der Waals surface area (Å²) in [6.45, 7) is 1.97. The fourth-order valence-corrected chi connectivity index (χ4v) is 2.94. The summed E-state index contributed by atoms with van der Waals surface area (Å²) < 4.78 is 5.26. The molecule has 0 saturated heterocycles. The Hall–Kier alpha value is -2.80. The van der Waals surface area contributed by atoms with Crippen molar-refractivity contribution < 1.29 is 9.53 Å². The normalized spacial score (nSPS) is 11.1. The summed E-state index contributed by atoms with van der Waals surface area (Å²) in [6, 6.07) is 13.5. The number of nitrogens with one attached hydrogen (secondary N) is 2. The van der Waals surface area contributed by atoms with Crippen LogP contribution in [0.4, 0.5) is 0 Å². The number of carbonyl (C=O) groups is 1. The van der Waals surface area contributed by atoms with Gasteiger partial charge in [-0.15, -0.1) is 0 Å². The van der Waals surface area contributed by atoms with E-state index in [0.29, 0.717) is 5.16 Å². The number of ether oxygens (including phenoxy) is 1. The van der Waals surface area contributed by atoms with Crippen molar-refractivity contribution in [3.05, 3.63) is 53.6 Å². The zero-order valence-corrected chi connectivity index (χ0v) is 14.8. The Morgan fingerprint density at radius 3 is 3.00 bits per heavy atom. The molecule has 0 atom stereocenters. The first kappa shape index (κ1) is 17.0. The van der Waals surface area contributed by atoms with Crippen molar-refractivity contribution >= 4 is 34.9 Å². The van der Waals surface area contributed by atoms with Gasteiger partial charge in [0.15, 0.2) is 5.16 Å². The highest BCUT2D eigenvalue weighted by atomic mass is 32.2. The average Bonchev–Trinajstić information content (AvgIpc) is 3.04. The summed E-state index contributed by atoms with van der Waals surface area (Å²) in [5, 5.41) is 4.69. The zero-order chi connectivity index (χ0) is 17.6. The molecule has 25 heavy (non-hydrogen) atoms. The lowest BCUT2D eigenvalue weighted by Gasteiger charge is -2.04. The molecular formula is C18H18N4O2S. The van der Waals surface area contributed by atoms with Gasteiger partial charge in [-0.2, -0.15) is 5.10 Å². The fourth-order valence-electron chi connectivity index (χ4n) is 2.26. The lowest BCUT2D eigenvalue weighted by Crippen LogP contribution is -2.19. The predicted octanol–water partition coefficient (Wildman–Crippen LogP) is 3.12. The summed E-state index contributed by atoms with van der Waals surface area (Å²) >= 11 is 1.34. The van der Waals surface area contributed by atoms with Crippen LogP contribution in [0.25, 0.3) is 11.0 Å². The minimum absolute atomic E-state index is 0.194. The number of fused-ring (bicyclic) bond motifs is 1. The number of aromatic amines is 1. The van der Waals surface area contributed by atoms with Crippen LogP contribution in [0.2, 0.25) is 0 Å². The molecule has 0 aliphatic rings. The van der Waals surface area contributed by atoms with Gasteiger partial charge in [0, 0.05) is 0 Å². The molecule has 0 saturated carbocycles. The number of H-pyrrole nitrogens is 1. The van der Waals surface area contributed by atoms with E-state index in [1.807, 2.05) is 49.4 Å². The number of hydrazone groups is 1. The Labute approximate surface area is 149 Å². The number of aryl methyl sites for hydroxylation is 1. The fraction of sp³-hybridized carbons (Fsp3) is 0.167. The highest BCUT2D eigenvalue weighted by Crippen LogP contribution is 2.19. The number of imidazole rings is 1. The molecule has 6 nitrogen and oxygen atoms in total. The van der Waals surface area contributed by atoms with E-state index in [1.165, 1.54) is 11.8 Å². The van der Waals surface area contributed by atoms with Crippen LogP contribution in [0.15, 0.2) is 52.7 Å². The second-order valence-electron chi connectivity index (χ2n) is 5.37. The molecule has 1 heterocycles. The molecule has 128 valence electrons. The first-order valence-corrected chi connectivity index (χ1v) is 8.68. The van der Waals surface area contributed by atoms with Crippen molar-refractivity contribution in [2.24, 2.45) is 5.10 Å². The third-order valence-electron chi connectivity index (χ3n) is 3.54. The largest absolute Gasteiger partial charge is 0.496 e. The van der Waals surface area contributed by atoms with Gasteiger partial charge in [0.05, 0.1) is 30.1 Å². The minimum atomic E-state index is -0.194. The van der Waals surface area contributed by atoms with Gasteiger partial charge in [-0.05, 0) is 36.2 Å². The van der Waals surface area contributed by atoms with Gasteiger partial charge in [-0.1, -0.05) is 36.0 Å². The number of hydrogen-bond donors (Lipinski definition) is 2. The van der Waals surface area contributed by atoms with Crippen molar-refractivity contribution in [1.29, 1.82) is 0 Å². The van der Waals surface area contributed by atoms with E-state index in [1.54, 1.807) is 13.3 Å². The number of thioether (sulfide) groups is 1. The highest BCUT2D eigenvalue weighted by Gasteiger charge is 2.06. The van der Waals surface area contributed by atoms with E-state index in [0.717, 1.165) is 27.9 Å². The maximum atomic E-state index is 11.9. The van der Waals surface area contributed by atoms with Crippen LogP contribution in [-0.4, -0.2) is 35.0 Å². The Kier molecular flexibility index (Phi) is 5.35. The van der Waals surface area contributed by atoms with Gasteiger partial charge >= 0.3 is 0 Å². The summed E-state index contributed by atoms with van der Waals surface area (Å²) in [5.74, 6) is 0.825. The molecule has 0 aliphatic heterocycles. The average molecular weight is 354 g/mol. The molecule has 1 aromatic heterocycles. The number of nitrogens with zero attached hydrogens (tertiary/aromatic N) is 2. The number of rotatable bonds is 6. The summed E-state index contributed by atoms with van der Waals surface area (Å²) in [6.07, 6.45) is 1.59. The number of para-hydroxylation sites is 2. The van der Waals surface area contributed by atoms with E-state index in [9.17, 15) is 4.79 Å². The Bertz CT molecular complexity index is 887. The first-order chi connectivity index (χ1) is 12.2. The topological polar surface area (TPSA) is 79.4 Å². The third kappa shape index (κ3) is 4.39. The van der Waals surface area contributed by atoms with Crippen LogP contribution in [0, 0.1) is 6.92 Å². The van der Waals surface area contributed by atoms with E-state index in [2.05, 4.69) is 20.5 Å². The molecular weight excluding hydrogens is 336 g/mol. The predicted molar refractivity (Wildman–Crippen MR) is 100 cm³/mol. The van der Waals surface area contributed by atoms with Crippen molar-refractivity contribution in [2.75, 3.05) is 12.9 Å². The molecule has 3 aromatic rings. The van der Waals surface area contributed by atoms with Gasteiger partial charge in [0.2, 0.25) is 0 Å². The van der Waals surface area contributed by atoms with Crippen molar-refractivity contribution in [3.8, 4) is 5.75 Å². The number of carbonyl (C=O) groups excluding carboxylic acids is 1. The van der Waals surface area contributed by atoms with Crippen LogP contribution in [0.5, 0.6) is 5.75 Å². The second kappa shape index (κ2) is 7.85. The van der Waals surface area contributed by atoms with Gasteiger partial charge in [0.25, 0.3) is 5.91 Å². The maximum absolute atomic E-state index is 11.9. The Balaban J connectivity index is 1.52. The standard InChI is InChI=1S/C18H18N4O2S/c1-12-7-8-13(9-16(12)24-2)10-19-22-17(23)11-25-18-20-14-5-3-4-6-15(14)21-18/h3-10H,11H2,1-2H3,(H,20,21)(H,22,23)/b19-10+. The molecule has 2 N–H and O–H groups in total. The molecule has 1 amide bonds. The zero-order valence-electron chi connectivity index (χ0n) is 13.9. The van der Waals surface area contributed by atoms with Crippen LogP contribution < -0.4 is 10.2 Å². The number of methoxy groups -OCH3 is 1. The van der Waals surface area contributed by atoms with Gasteiger partial charge in [-0.3, -0.25) is 4.79 Å². The first-order valence-electron chi connectivity index (χ1n) is 7.70. The van der Waals surface area contributed by atoms with Gasteiger partial charge in [-0.25, -0.2) is 10.4 Å². The molecule has 3 rings (SSSR count).